The van der Waals surface area contributed by atoms with Crippen LogP contribution in [0.5, 0.6) is 0 Å². The third-order valence-electron chi connectivity index (χ3n) is 6.47. The molecule has 0 N–H and O–H groups in total. The smallest absolute Gasteiger partial charge is 0.0925 e. The van der Waals surface area contributed by atoms with Gasteiger partial charge >= 0.3 is 0 Å². The van der Waals surface area contributed by atoms with E-state index in [1.54, 1.807) is 5.56 Å². The second kappa shape index (κ2) is 8.17. The summed E-state index contributed by atoms with van der Waals surface area (Å²) >= 11 is 0. The van der Waals surface area contributed by atoms with Crippen molar-refractivity contribution in [1.82, 2.24) is 9.97 Å². The van der Waals surface area contributed by atoms with E-state index in [9.17, 15) is 0 Å². The number of rotatable bonds is 3. The summed E-state index contributed by atoms with van der Waals surface area (Å²) in [6.45, 7) is 2.23. The Bertz CT molecular complexity index is 745. The van der Waals surface area contributed by atoms with Crippen molar-refractivity contribution in [2.45, 2.75) is 83.0 Å². The molecule has 2 heterocycles. The predicted octanol–water partition coefficient (Wildman–Crippen LogP) is 6.05. The molecule has 1 atom stereocenters. The van der Waals surface area contributed by atoms with Crippen LogP contribution in [0.4, 0.5) is 0 Å². The molecular formula is C23H31N2P. The van der Waals surface area contributed by atoms with Gasteiger partial charge in [0.05, 0.1) is 11.4 Å². The summed E-state index contributed by atoms with van der Waals surface area (Å²) in [6.07, 6.45) is 15.4. The summed E-state index contributed by atoms with van der Waals surface area (Å²) in [4.78, 5) is 9.93. The fourth-order valence-electron chi connectivity index (χ4n) is 4.99. The molecule has 2 saturated carbocycles. The van der Waals surface area contributed by atoms with Crippen LogP contribution in [0.25, 0.3) is 11.4 Å². The fourth-order valence-corrected chi connectivity index (χ4v) is 5.51. The summed E-state index contributed by atoms with van der Waals surface area (Å²) in [5, 5.41) is 1.41. The highest BCUT2D eigenvalue weighted by Crippen LogP contribution is 2.41. The quantitative estimate of drug-likeness (QED) is 0.618. The van der Waals surface area contributed by atoms with E-state index in [-0.39, 0.29) is 0 Å². The lowest BCUT2D eigenvalue weighted by atomic mass is 9.77. The lowest BCUT2D eigenvalue weighted by molar-refractivity contribution is 0.414. The Hall–Kier alpha value is -1.27. The molecule has 0 amide bonds. The average molecular weight is 366 g/mol. The van der Waals surface area contributed by atoms with Gasteiger partial charge in [0.15, 0.2) is 0 Å². The van der Waals surface area contributed by atoms with Crippen molar-refractivity contribution >= 4 is 14.5 Å². The van der Waals surface area contributed by atoms with E-state index in [2.05, 4.69) is 33.3 Å². The molecule has 0 spiro atoms. The second-order valence-electron chi connectivity index (χ2n) is 8.18. The zero-order valence-corrected chi connectivity index (χ0v) is 17.2. The van der Waals surface area contributed by atoms with Crippen LogP contribution < -0.4 is 5.30 Å². The zero-order valence-electron chi connectivity index (χ0n) is 16.0. The van der Waals surface area contributed by atoms with Crippen molar-refractivity contribution in [3.8, 4) is 11.4 Å². The van der Waals surface area contributed by atoms with Gasteiger partial charge in [-0.1, -0.05) is 44.6 Å². The van der Waals surface area contributed by atoms with E-state index in [4.69, 9.17) is 4.98 Å². The standard InChI is InChI=1S/C23H31N2P/c1-16-21(19-14-8-9-15-24-19)25-22(18-12-6-3-7-13-18)20(23(16)26)17-10-4-2-5-11-17/h8-9,14-15,17-18H,2-7,10-13,26H2,1H3. The molecule has 138 valence electrons. The molecule has 0 bridgehead atoms. The highest BCUT2D eigenvalue weighted by Gasteiger charge is 2.29. The Kier molecular flexibility index (Phi) is 5.69. The highest BCUT2D eigenvalue weighted by molar-refractivity contribution is 7.27. The van der Waals surface area contributed by atoms with Gasteiger partial charge < -0.3 is 0 Å². The van der Waals surface area contributed by atoms with Gasteiger partial charge in [-0.25, -0.2) is 0 Å². The maximum atomic E-state index is 5.33. The van der Waals surface area contributed by atoms with Crippen LogP contribution in [0.3, 0.4) is 0 Å². The molecule has 0 saturated heterocycles. The molecular weight excluding hydrogens is 335 g/mol. The summed E-state index contributed by atoms with van der Waals surface area (Å²) in [5.74, 6) is 1.35. The molecule has 2 aliphatic rings. The average Bonchev–Trinajstić information content (AvgIpc) is 2.72. The molecule has 2 aromatic heterocycles. The lowest BCUT2D eigenvalue weighted by Gasteiger charge is -2.31. The van der Waals surface area contributed by atoms with Crippen molar-refractivity contribution in [2.24, 2.45) is 0 Å². The summed E-state index contributed by atoms with van der Waals surface area (Å²) in [7, 11) is 3.09. The third-order valence-corrected chi connectivity index (χ3v) is 7.21. The Morgan fingerprint density at radius 2 is 1.54 bits per heavy atom. The van der Waals surface area contributed by atoms with Gasteiger partial charge in [0.1, 0.15) is 0 Å². The maximum absolute atomic E-state index is 5.33. The largest absolute Gasteiger partial charge is 0.255 e. The van der Waals surface area contributed by atoms with Crippen LogP contribution in [-0.4, -0.2) is 9.97 Å². The van der Waals surface area contributed by atoms with Gasteiger partial charge in [-0.15, -0.1) is 9.24 Å². The highest BCUT2D eigenvalue weighted by atomic mass is 31.0. The van der Waals surface area contributed by atoms with E-state index < -0.39 is 0 Å². The molecule has 4 rings (SSSR count). The number of nitrogens with zero attached hydrogens (tertiary/aromatic N) is 2. The predicted molar refractivity (Wildman–Crippen MR) is 113 cm³/mol. The minimum atomic E-state index is 0.642. The SMILES string of the molecule is Cc1c(-c2ccccn2)nc(C2CCCCC2)c(C2CCCCC2)c1P. The van der Waals surface area contributed by atoms with E-state index in [0.717, 1.165) is 11.4 Å². The molecule has 1 unspecified atom stereocenters. The topological polar surface area (TPSA) is 25.8 Å². The van der Waals surface area contributed by atoms with Crippen LogP contribution in [0.2, 0.25) is 0 Å². The van der Waals surface area contributed by atoms with Crippen molar-refractivity contribution in [1.29, 1.82) is 0 Å². The van der Waals surface area contributed by atoms with Crippen molar-refractivity contribution < 1.29 is 0 Å². The first kappa shape index (κ1) is 18.1. The first-order valence-electron chi connectivity index (χ1n) is 10.5. The number of pyridine rings is 2. The molecule has 0 radical (unpaired) electrons. The molecule has 0 aliphatic heterocycles. The van der Waals surface area contributed by atoms with E-state index in [1.165, 1.54) is 80.8 Å². The van der Waals surface area contributed by atoms with Crippen LogP contribution >= 0.6 is 9.24 Å². The molecule has 2 aliphatic carbocycles. The Balaban J connectivity index is 1.85. The van der Waals surface area contributed by atoms with E-state index in [0.29, 0.717) is 11.8 Å². The lowest BCUT2D eigenvalue weighted by Crippen LogP contribution is -2.22. The number of hydrogen-bond acceptors (Lipinski definition) is 2. The van der Waals surface area contributed by atoms with E-state index in [1.807, 2.05) is 12.3 Å². The van der Waals surface area contributed by atoms with Crippen LogP contribution in [0, 0.1) is 6.92 Å². The van der Waals surface area contributed by atoms with Crippen LogP contribution in [0.15, 0.2) is 24.4 Å². The minimum Gasteiger partial charge on any atom is -0.255 e. The first-order valence-corrected chi connectivity index (χ1v) is 11.0. The number of hydrogen-bond donors (Lipinski definition) is 0. The Morgan fingerprint density at radius 3 is 2.15 bits per heavy atom. The summed E-state index contributed by atoms with van der Waals surface area (Å²) in [6, 6.07) is 6.16. The number of aromatic nitrogens is 2. The van der Waals surface area contributed by atoms with Gasteiger partial charge in [-0.2, -0.15) is 0 Å². The van der Waals surface area contributed by atoms with Gasteiger partial charge in [0.2, 0.25) is 0 Å². The minimum absolute atomic E-state index is 0.642. The first-order chi connectivity index (χ1) is 12.8. The molecule has 2 fully saturated rings. The molecule has 2 aromatic rings. The monoisotopic (exact) mass is 366 g/mol. The summed E-state index contributed by atoms with van der Waals surface area (Å²) < 4.78 is 0. The van der Waals surface area contributed by atoms with Gasteiger partial charge in [-0.3, -0.25) is 9.97 Å². The maximum Gasteiger partial charge on any atom is 0.0925 e. The van der Waals surface area contributed by atoms with Gasteiger partial charge in [0.25, 0.3) is 0 Å². The van der Waals surface area contributed by atoms with Crippen molar-refractivity contribution in [3.63, 3.8) is 0 Å². The second-order valence-corrected chi connectivity index (χ2v) is 8.76. The van der Waals surface area contributed by atoms with Gasteiger partial charge in [-0.05, 0) is 67.1 Å². The van der Waals surface area contributed by atoms with Crippen molar-refractivity contribution in [2.75, 3.05) is 0 Å². The Morgan fingerprint density at radius 1 is 0.885 bits per heavy atom. The molecule has 2 nitrogen and oxygen atoms in total. The fraction of sp³-hybridized carbons (Fsp3) is 0.565. The Labute approximate surface area is 160 Å². The molecule has 0 aromatic carbocycles. The van der Waals surface area contributed by atoms with Crippen molar-refractivity contribution in [3.05, 3.63) is 41.2 Å². The van der Waals surface area contributed by atoms with Crippen LogP contribution in [-0.2, 0) is 0 Å². The summed E-state index contributed by atoms with van der Waals surface area (Å²) in [5.41, 5.74) is 6.40. The molecule has 3 heteroatoms. The van der Waals surface area contributed by atoms with Crippen LogP contribution in [0.1, 0.15) is 92.9 Å². The van der Waals surface area contributed by atoms with E-state index >= 15 is 0 Å². The molecule has 26 heavy (non-hydrogen) atoms. The third kappa shape index (κ3) is 3.58. The zero-order chi connectivity index (χ0) is 17.9. The normalized spacial score (nSPS) is 19.6. The van der Waals surface area contributed by atoms with Gasteiger partial charge in [0, 0.05) is 17.8 Å².